The monoisotopic (exact) mass is 244 g/mol. The van der Waals surface area contributed by atoms with Crippen LogP contribution in [-0.4, -0.2) is 19.0 Å². The largest absolute Gasteiger partial charge is 0.496 e. The number of fused-ring (bicyclic) bond motifs is 2. The van der Waals surface area contributed by atoms with Crippen molar-refractivity contribution in [3.63, 3.8) is 0 Å². The van der Waals surface area contributed by atoms with E-state index in [1.807, 2.05) is 19.1 Å². The summed E-state index contributed by atoms with van der Waals surface area (Å²) in [6, 6.07) is 3.83. The third kappa shape index (κ3) is 1.38. The van der Waals surface area contributed by atoms with Crippen molar-refractivity contribution >= 4 is 17.5 Å². The molecule has 1 aromatic rings. The molecular weight excluding hydrogens is 232 g/mol. The number of esters is 2. The van der Waals surface area contributed by atoms with Gasteiger partial charge in [0.1, 0.15) is 5.75 Å². The smallest absolute Gasteiger partial charge is 0.347 e. The van der Waals surface area contributed by atoms with Crippen molar-refractivity contribution in [2.75, 3.05) is 7.11 Å². The fourth-order valence-corrected chi connectivity index (χ4v) is 2.57. The molecule has 1 aliphatic heterocycles. The minimum atomic E-state index is -0.527. The van der Waals surface area contributed by atoms with Crippen LogP contribution in [0.4, 0.5) is 0 Å². The Labute approximate surface area is 104 Å². The van der Waals surface area contributed by atoms with Gasteiger partial charge in [0.15, 0.2) is 0 Å². The van der Waals surface area contributed by atoms with Gasteiger partial charge in [-0.3, -0.25) is 0 Å². The van der Waals surface area contributed by atoms with Crippen LogP contribution in [0.3, 0.4) is 0 Å². The first-order valence-corrected chi connectivity index (χ1v) is 5.79. The van der Waals surface area contributed by atoms with Crippen LogP contribution in [0.25, 0.3) is 5.57 Å². The van der Waals surface area contributed by atoms with Crippen LogP contribution >= 0.6 is 0 Å². The molecule has 0 unspecified atom stereocenters. The molecule has 4 nitrogen and oxygen atoms in total. The summed E-state index contributed by atoms with van der Waals surface area (Å²) < 4.78 is 9.95. The number of carbonyl (C=O) groups is 2. The topological polar surface area (TPSA) is 52.6 Å². The van der Waals surface area contributed by atoms with Crippen molar-refractivity contribution in [2.45, 2.75) is 19.8 Å². The number of hydrogen-bond acceptors (Lipinski definition) is 4. The first-order chi connectivity index (χ1) is 8.61. The van der Waals surface area contributed by atoms with Crippen molar-refractivity contribution < 1.29 is 19.1 Å². The van der Waals surface area contributed by atoms with Crippen LogP contribution in [0.5, 0.6) is 5.75 Å². The fourth-order valence-electron chi connectivity index (χ4n) is 2.57. The van der Waals surface area contributed by atoms with Crippen LogP contribution in [0, 0.1) is 6.92 Å². The second-order valence-electron chi connectivity index (χ2n) is 4.51. The van der Waals surface area contributed by atoms with Gasteiger partial charge in [-0.05, 0) is 48.6 Å². The SMILES string of the molecule is COc1cc2c(cc1C)C1=C(CC2)C(=O)OC1=O. The average molecular weight is 244 g/mol. The molecule has 1 aromatic carbocycles. The Kier molecular flexibility index (Phi) is 2.26. The van der Waals surface area contributed by atoms with Gasteiger partial charge in [0.2, 0.25) is 0 Å². The van der Waals surface area contributed by atoms with Crippen molar-refractivity contribution in [3.05, 3.63) is 34.4 Å². The number of methoxy groups -OCH3 is 1. The molecule has 92 valence electrons. The molecule has 0 amide bonds. The zero-order valence-electron chi connectivity index (χ0n) is 10.2. The van der Waals surface area contributed by atoms with Crippen LogP contribution in [-0.2, 0) is 20.7 Å². The molecule has 0 aromatic heterocycles. The van der Waals surface area contributed by atoms with Gasteiger partial charge < -0.3 is 9.47 Å². The molecular formula is C14H12O4. The number of ether oxygens (including phenoxy) is 2. The molecule has 0 saturated carbocycles. The first-order valence-electron chi connectivity index (χ1n) is 5.79. The third-order valence-corrected chi connectivity index (χ3v) is 3.47. The minimum Gasteiger partial charge on any atom is -0.496 e. The molecule has 0 bridgehead atoms. The van der Waals surface area contributed by atoms with Gasteiger partial charge >= 0.3 is 11.9 Å². The molecule has 3 rings (SSSR count). The molecule has 1 heterocycles. The molecule has 0 atom stereocenters. The molecule has 2 aliphatic rings. The van der Waals surface area contributed by atoms with E-state index < -0.39 is 11.9 Å². The average Bonchev–Trinajstić information content (AvgIpc) is 2.64. The van der Waals surface area contributed by atoms with Crippen LogP contribution in [0.2, 0.25) is 0 Å². The molecule has 1 aliphatic carbocycles. The maximum atomic E-state index is 11.7. The number of carbonyl (C=O) groups excluding carboxylic acids is 2. The second kappa shape index (κ2) is 3.70. The van der Waals surface area contributed by atoms with E-state index in [9.17, 15) is 9.59 Å². The van der Waals surface area contributed by atoms with Gasteiger partial charge in [-0.2, -0.15) is 0 Å². The predicted molar refractivity (Wildman–Crippen MR) is 64.1 cm³/mol. The highest BCUT2D eigenvalue weighted by Gasteiger charge is 2.37. The van der Waals surface area contributed by atoms with Crippen LogP contribution in [0.1, 0.15) is 23.1 Å². The van der Waals surface area contributed by atoms with E-state index >= 15 is 0 Å². The van der Waals surface area contributed by atoms with Crippen molar-refractivity contribution in [3.8, 4) is 5.75 Å². The summed E-state index contributed by atoms with van der Waals surface area (Å²) in [6.07, 6.45) is 1.28. The minimum absolute atomic E-state index is 0.437. The second-order valence-corrected chi connectivity index (χ2v) is 4.51. The Hall–Kier alpha value is -2.10. The summed E-state index contributed by atoms with van der Waals surface area (Å²) in [4.78, 5) is 23.2. The van der Waals surface area contributed by atoms with E-state index in [2.05, 4.69) is 4.74 Å². The highest BCUT2D eigenvalue weighted by molar-refractivity contribution is 6.31. The normalized spacial score (nSPS) is 17.4. The summed E-state index contributed by atoms with van der Waals surface area (Å²) in [5.41, 5.74) is 3.73. The van der Waals surface area contributed by atoms with Crippen LogP contribution in [0.15, 0.2) is 17.7 Å². The van der Waals surface area contributed by atoms with E-state index in [0.717, 1.165) is 28.9 Å². The summed E-state index contributed by atoms with van der Waals surface area (Å²) >= 11 is 0. The summed E-state index contributed by atoms with van der Waals surface area (Å²) in [5, 5.41) is 0. The Balaban J connectivity index is 2.22. The number of rotatable bonds is 1. The molecule has 0 N–H and O–H groups in total. The van der Waals surface area contributed by atoms with E-state index in [1.165, 1.54) is 0 Å². The lowest BCUT2D eigenvalue weighted by atomic mass is 9.85. The number of hydrogen-bond donors (Lipinski definition) is 0. The molecule has 4 heteroatoms. The van der Waals surface area contributed by atoms with Crippen molar-refractivity contribution in [2.24, 2.45) is 0 Å². The highest BCUT2D eigenvalue weighted by atomic mass is 16.6. The fraction of sp³-hybridized carbons (Fsp3) is 0.286. The standard InChI is InChI=1S/C14H12O4/c1-7-5-10-8(6-11(7)17-2)3-4-9-12(10)14(16)18-13(9)15/h5-6H,3-4H2,1-2H3. The van der Waals surface area contributed by atoms with Crippen molar-refractivity contribution in [1.82, 2.24) is 0 Å². The molecule has 0 radical (unpaired) electrons. The third-order valence-electron chi connectivity index (χ3n) is 3.47. The van der Waals surface area contributed by atoms with E-state index in [1.54, 1.807) is 7.11 Å². The first kappa shape index (κ1) is 11.0. The lowest BCUT2D eigenvalue weighted by Crippen LogP contribution is -2.08. The highest BCUT2D eigenvalue weighted by Crippen LogP contribution is 2.39. The maximum absolute atomic E-state index is 11.7. The summed E-state index contributed by atoms with van der Waals surface area (Å²) in [6.45, 7) is 1.91. The van der Waals surface area contributed by atoms with Gasteiger partial charge in [0.25, 0.3) is 0 Å². The Morgan fingerprint density at radius 3 is 2.67 bits per heavy atom. The van der Waals surface area contributed by atoms with Crippen LogP contribution < -0.4 is 4.74 Å². The van der Waals surface area contributed by atoms with E-state index in [-0.39, 0.29) is 0 Å². The quantitative estimate of drug-likeness (QED) is 0.558. The van der Waals surface area contributed by atoms with Gasteiger partial charge in [0, 0.05) is 0 Å². The Morgan fingerprint density at radius 1 is 1.17 bits per heavy atom. The number of benzene rings is 1. The van der Waals surface area contributed by atoms with Gasteiger partial charge in [0.05, 0.1) is 18.3 Å². The maximum Gasteiger partial charge on any atom is 0.347 e. The molecule has 0 spiro atoms. The van der Waals surface area contributed by atoms with Gasteiger partial charge in [-0.1, -0.05) is 0 Å². The zero-order valence-corrected chi connectivity index (χ0v) is 10.2. The lowest BCUT2D eigenvalue weighted by molar-refractivity contribution is -0.150. The predicted octanol–water partition coefficient (Wildman–Crippen LogP) is 1.79. The number of aryl methyl sites for hydroxylation is 2. The lowest BCUT2D eigenvalue weighted by Gasteiger charge is -2.17. The zero-order chi connectivity index (χ0) is 12.9. The van der Waals surface area contributed by atoms with Crippen molar-refractivity contribution in [1.29, 1.82) is 0 Å². The Morgan fingerprint density at radius 2 is 1.94 bits per heavy atom. The van der Waals surface area contributed by atoms with Gasteiger partial charge in [-0.25, -0.2) is 9.59 Å². The Bertz CT molecular complexity index is 610. The summed E-state index contributed by atoms with van der Waals surface area (Å²) in [7, 11) is 1.62. The van der Waals surface area contributed by atoms with Gasteiger partial charge in [-0.15, -0.1) is 0 Å². The van der Waals surface area contributed by atoms with E-state index in [0.29, 0.717) is 17.6 Å². The number of cyclic esters (lactones) is 2. The molecule has 18 heavy (non-hydrogen) atoms. The molecule has 0 fully saturated rings. The van der Waals surface area contributed by atoms with E-state index in [4.69, 9.17) is 4.74 Å². The summed E-state index contributed by atoms with van der Waals surface area (Å²) in [5.74, 6) is -0.217. The molecule has 0 saturated heterocycles.